The molecule has 3 aromatic heterocycles. The minimum Gasteiger partial charge on any atom is -0.462 e. The first-order valence-corrected chi connectivity index (χ1v) is 34.3. The SMILES string of the molecule is CCCCCCCCc1ccc(-c2ccc(C(=O)OCCc3ccccn3)c(F)c2)cc1.CCCCCCCCc1ccc(-c2ccc(C(=O)OCCc3ccccn3)cc2)cc1.CCCCCCCc1ccc(-c2ccc(C(=O)OCCc3ccccn3)c(F)c2)cc1. The molecule has 0 aliphatic rings. The zero-order chi connectivity index (χ0) is 66.2. The van der Waals surface area contributed by atoms with Gasteiger partial charge in [0.1, 0.15) is 11.6 Å². The summed E-state index contributed by atoms with van der Waals surface area (Å²) in [6.07, 6.45) is 32.0. The molecule has 0 bridgehead atoms. The van der Waals surface area contributed by atoms with Crippen molar-refractivity contribution in [1.29, 1.82) is 0 Å². The summed E-state index contributed by atoms with van der Waals surface area (Å²) in [7, 11) is 0. The summed E-state index contributed by atoms with van der Waals surface area (Å²) in [4.78, 5) is 49.4. The molecule has 0 saturated heterocycles. The Morgan fingerprint density at radius 2 is 0.596 bits per heavy atom. The summed E-state index contributed by atoms with van der Waals surface area (Å²) in [5.41, 5.74) is 12.7. The van der Waals surface area contributed by atoms with Crippen molar-refractivity contribution in [3.63, 3.8) is 0 Å². The van der Waals surface area contributed by atoms with Gasteiger partial charge in [0.15, 0.2) is 0 Å². The fourth-order valence-corrected chi connectivity index (χ4v) is 10.9. The Labute approximate surface area is 557 Å². The molecule has 0 aliphatic heterocycles. The van der Waals surface area contributed by atoms with Crippen LogP contribution in [0, 0.1) is 11.6 Å². The van der Waals surface area contributed by atoms with Crippen molar-refractivity contribution >= 4 is 17.9 Å². The number of carbonyl (C=O) groups is 3. The minimum absolute atomic E-state index is 0.0468. The van der Waals surface area contributed by atoms with E-state index >= 15 is 0 Å². The number of ether oxygens (including phenoxy) is 3. The summed E-state index contributed by atoms with van der Waals surface area (Å²) in [6.45, 7) is 7.37. The molecule has 9 aromatic rings. The highest BCUT2D eigenvalue weighted by atomic mass is 19.1. The molecule has 11 heteroatoms. The van der Waals surface area contributed by atoms with Crippen LogP contribution in [0.5, 0.6) is 0 Å². The Bertz CT molecular complexity index is 3590. The van der Waals surface area contributed by atoms with Crippen LogP contribution in [0.25, 0.3) is 33.4 Å². The van der Waals surface area contributed by atoms with Gasteiger partial charge in [-0.15, -0.1) is 0 Å². The first kappa shape index (κ1) is 72.5. The summed E-state index contributed by atoms with van der Waals surface area (Å²) in [5.74, 6) is -2.74. The molecule has 9 rings (SSSR count). The van der Waals surface area contributed by atoms with Crippen molar-refractivity contribution in [3.8, 4) is 33.4 Å². The van der Waals surface area contributed by atoms with Gasteiger partial charge in [-0.1, -0.05) is 226 Å². The summed E-state index contributed by atoms with van der Waals surface area (Å²) in [6, 6.07) is 59.1. The van der Waals surface area contributed by atoms with Crippen molar-refractivity contribution in [2.24, 2.45) is 0 Å². The normalized spacial score (nSPS) is 10.8. The van der Waals surface area contributed by atoms with Crippen LogP contribution in [0.3, 0.4) is 0 Å². The zero-order valence-corrected chi connectivity index (χ0v) is 55.6. The van der Waals surface area contributed by atoms with Crippen LogP contribution in [0.2, 0.25) is 0 Å². The summed E-state index contributed by atoms with van der Waals surface area (Å²) in [5, 5.41) is 0. The number of pyridine rings is 3. The average Bonchev–Trinajstić information content (AvgIpc) is 1.01. The van der Waals surface area contributed by atoms with Crippen molar-refractivity contribution < 1.29 is 37.4 Å². The van der Waals surface area contributed by atoms with Gasteiger partial charge in [0.05, 0.1) is 36.5 Å². The number of halogens is 2. The maximum absolute atomic E-state index is 14.6. The van der Waals surface area contributed by atoms with E-state index < -0.39 is 23.6 Å². The fraction of sp³-hybridized carbons (Fsp3) is 0.349. The lowest BCUT2D eigenvalue weighted by molar-refractivity contribution is 0.0493. The van der Waals surface area contributed by atoms with Gasteiger partial charge in [-0.25, -0.2) is 23.2 Å². The maximum Gasteiger partial charge on any atom is 0.341 e. The average molecular weight is 1270 g/mol. The molecule has 492 valence electrons. The van der Waals surface area contributed by atoms with E-state index in [9.17, 15) is 23.2 Å². The molecule has 0 N–H and O–H groups in total. The highest BCUT2D eigenvalue weighted by Gasteiger charge is 2.17. The van der Waals surface area contributed by atoms with Crippen molar-refractivity contribution in [2.75, 3.05) is 19.8 Å². The van der Waals surface area contributed by atoms with E-state index in [1.54, 1.807) is 30.7 Å². The van der Waals surface area contributed by atoms with Crippen LogP contribution in [0.1, 0.15) is 195 Å². The number of aromatic nitrogens is 3. The predicted octanol–water partition coefficient (Wildman–Crippen LogP) is 21.0. The largest absolute Gasteiger partial charge is 0.462 e. The van der Waals surface area contributed by atoms with Crippen molar-refractivity contribution in [3.05, 3.63) is 269 Å². The second kappa shape index (κ2) is 42.3. The molecule has 0 fully saturated rings. The third kappa shape index (κ3) is 26.2. The number of unbranched alkanes of at least 4 members (excludes halogenated alkanes) is 14. The number of hydrogen-bond donors (Lipinski definition) is 0. The molecule has 0 aliphatic carbocycles. The zero-order valence-electron chi connectivity index (χ0n) is 55.6. The van der Waals surface area contributed by atoms with Crippen LogP contribution in [0.4, 0.5) is 8.78 Å². The van der Waals surface area contributed by atoms with Gasteiger partial charge < -0.3 is 14.2 Å². The molecule has 0 saturated carbocycles. The molecule has 0 atom stereocenters. The van der Waals surface area contributed by atoms with E-state index in [0.29, 0.717) is 31.4 Å². The lowest BCUT2D eigenvalue weighted by Crippen LogP contribution is -2.10. The van der Waals surface area contributed by atoms with Gasteiger partial charge in [-0.3, -0.25) is 15.0 Å². The van der Waals surface area contributed by atoms with Gasteiger partial charge >= 0.3 is 17.9 Å². The second-order valence-corrected chi connectivity index (χ2v) is 23.9. The number of benzene rings is 6. The van der Waals surface area contributed by atoms with E-state index in [2.05, 4.69) is 84.3 Å². The van der Waals surface area contributed by atoms with Crippen LogP contribution in [-0.2, 0) is 52.7 Å². The van der Waals surface area contributed by atoms with E-state index in [4.69, 9.17) is 14.2 Å². The molecule has 0 amide bonds. The summed E-state index contributed by atoms with van der Waals surface area (Å²) < 4.78 is 45.0. The third-order valence-electron chi connectivity index (χ3n) is 16.5. The van der Waals surface area contributed by atoms with Gasteiger partial charge in [0.2, 0.25) is 0 Å². The molecule has 0 unspecified atom stereocenters. The number of nitrogens with zero attached hydrogens (tertiary/aromatic N) is 3. The van der Waals surface area contributed by atoms with Crippen molar-refractivity contribution in [1.82, 2.24) is 15.0 Å². The van der Waals surface area contributed by atoms with Gasteiger partial charge in [-0.2, -0.15) is 0 Å². The topological polar surface area (TPSA) is 118 Å². The fourth-order valence-electron chi connectivity index (χ4n) is 10.9. The standard InChI is InChI=1S/C28H32FNO2.C28H33NO2.C27H30FNO2/c1-2-3-4-5-6-7-10-22-12-14-23(15-13-22)24-16-17-26(27(29)21-24)28(31)32-20-18-25-11-8-9-19-30-25;1-2-3-4-5-6-7-10-23-12-14-24(15-13-23)25-16-18-26(19-17-25)28(30)31-22-20-27-11-8-9-21-29-27;1-2-3-4-5-6-9-21-11-13-22(14-12-21)23-15-16-25(26(28)20-23)27(30)31-19-17-24-10-7-8-18-29-24/h8-9,11-17,19,21H,2-7,10,18,20H2,1H3;8-9,11-19,21H,2-7,10,20,22H2,1H3;7-8,10-16,18,20H,2-6,9,17,19H2,1H3. The molecule has 0 radical (unpaired) electrons. The second-order valence-electron chi connectivity index (χ2n) is 23.9. The molecule has 0 spiro atoms. The highest BCUT2D eigenvalue weighted by molar-refractivity contribution is 5.91. The smallest absolute Gasteiger partial charge is 0.341 e. The van der Waals surface area contributed by atoms with E-state index in [-0.39, 0.29) is 30.3 Å². The lowest BCUT2D eigenvalue weighted by atomic mass is 10.00. The third-order valence-corrected chi connectivity index (χ3v) is 16.5. The molecular weight excluding hydrogens is 1170 g/mol. The lowest BCUT2D eigenvalue weighted by Gasteiger charge is -2.08. The number of esters is 3. The van der Waals surface area contributed by atoms with Gasteiger partial charge in [0, 0.05) is 54.9 Å². The number of carbonyl (C=O) groups excluding carboxylic acids is 3. The Hall–Kier alpha value is -8.96. The monoisotopic (exact) mass is 1270 g/mol. The molecule has 9 nitrogen and oxygen atoms in total. The number of rotatable bonds is 35. The van der Waals surface area contributed by atoms with Crippen LogP contribution in [0.15, 0.2) is 207 Å². The molecule has 94 heavy (non-hydrogen) atoms. The molecule has 6 aromatic carbocycles. The van der Waals surface area contributed by atoms with Gasteiger partial charge in [-0.05, 0) is 161 Å². The Morgan fingerprint density at radius 1 is 0.309 bits per heavy atom. The van der Waals surface area contributed by atoms with Crippen LogP contribution < -0.4 is 0 Å². The first-order valence-electron chi connectivity index (χ1n) is 34.3. The quantitative estimate of drug-likeness (QED) is 0.0217. The predicted molar refractivity (Wildman–Crippen MR) is 377 cm³/mol. The highest BCUT2D eigenvalue weighted by Crippen LogP contribution is 2.27. The van der Waals surface area contributed by atoms with E-state index in [0.717, 1.165) is 64.2 Å². The molecule has 3 heterocycles. The van der Waals surface area contributed by atoms with Gasteiger partial charge in [0.25, 0.3) is 0 Å². The van der Waals surface area contributed by atoms with Crippen LogP contribution >= 0.6 is 0 Å². The molecular formula is C83H95F2N3O6. The minimum atomic E-state index is -0.654. The Kier molecular flexibility index (Phi) is 32.6. The Balaban J connectivity index is 0.000000200. The van der Waals surface area contributed by atoms with E-state index in [1.807, 2.05) is 103 Å². The van der Waals surface area contributed by atoms with E-state index in [1.165, 1.54) is 156 Å². The number of hydrogen-bond acceptors (Lipinski definition) is 9. The first-order chi connectivity index (χ1) is 46.1. The van der Waals surface area contributed by atoms with Crippen LogP contribution in [-0.4, -0.2) is 52.7 Å². The van der Waals surface area contributed by atoms with Crippen molar-refractivity contribution in [2.45, 2.75) is 168 Å². The maximum atomic E-state index is 14.6. The number of aryl methyl sites for hydroxylation is 3. The summed E-state index contributed by atoms with van der Waals surface area (Å²) >= 11 is 0. The Morgan fingerprint density at radius 3 is 0.904 bits per heavy atom.